The van der Waals surface area contributed by atoms with Crippen molar-refractivity contribution in [3.63, 3.8) is 0 Å². The van der Waals surface area contributed by atoms with Crippen molar-refractivity contribution in [2.24, 2.45) is 0 Å². The fourth-order valence-corrected chi connectivity index (χ4v) is 3.55. The highest BCUT2D eigenvalue weighted by atomic mass is 16.1. The molecule has 1 N–H and O–H groups in total. The molecule has 0 bridgehead atoms. The first-order valence-corrected chi connectivity index (χ1v) is 9.11. The topological polar surface area (TPSA) is 79.0 Å². The van der Waals surface area contributed by atoms with Gasteiger partial charge in [0.2, 0.25) is 0 Å². The Morgan fingerprint density at radius 2 is 1.81 bits per heavy atom. The minimum atomic E-state index is -0.353. The number of anilines is 1. The van der Waals surface area contributed by atoms with Gasteiger partial charge in [-0.1, -0.05) is 18.2 Å². The molecule has 1 fully saturated rings. The molecule has 0 amide bonds. The number of aromatic nitrogens is 3. The van der Waals surface area contributed by atoms with Gasteiger partial charge in [0, 0.05) is 36.4 Å². The molecule has 1 aromatic carbocycles. The van der Waals surface area contributed by atoms with Crippen LogP contribution in [0.4, 0.5) is 5.69 Å². The van der Waals surface area contributed by atoms with Crippen molar-refractivity contribution >= 4 is 28.4 Å². The predicted molar refractivity (Wildman–Crippen MR) is 106 cm³/mol. The third kappa shape index (κ3) is 3.51. The molecule has 0 atom stereocenters. The van der Waals surface area contributed by atoms with E-state index in [4.69, 9.17) is 0 Å². The maximum atomic E-state index is 13.0. The smallest absolute Gasteiger partial charge is 0.261 e. The summed E-state index contributed by atoms with van der Waals surface area (Å²) in [7, 11) is 0. The Hall–Kier alpha value is -3.28. The predicted octanol–water partition coefficient (Wildman–Crippen LogP) is 3.20. The normalized spacial score (nSPS) is 14.7. The molecule has 1 aliphatic rings. The first-order valence-electron chi connectivity index (χ1n) is 9.11. The monoisotopic (exact) mass is 360 g/mol. The molecule has 4 rings (SSSR count). The second-order valence-corrected chi connectivity index (χ2v) is 6.64. The standard InChI is InChI=1S/C21H20N4O2/c26-18(9-8-15-12-22-14-23-13-15)19-20(25-10-4-1-5-11-25)16-6-2-3-7-17(16)24-21(19)27/h2-3,6-9,12-14H,1,4-5,10-11H2,(H,24,27)/b9-8+. The summed E-state index contributed by atoms with van der Waals surface area (Å²) in [6.07, 6.45) is 11.0. The summed E-state index contributed by atoms with van der Waals surface area (Å²) < 4.78 is 0. The lowest BCUT2D eigenvalue weighted by molar-refractivity contribution is 0.104. The van der Waals surface area contributed by atoms with Crippen molar-refractivity contribution in [2.45, 2.75) is 19.3 Å². The number of para-hydroxylation sites is 1. The van der Waals surface area contributed by atoms with Crippen LogP contribution in [-0.4, -0.2) is 33.8 Å². The Morgan fingerprint density at radius 3 is 2.59 bits per heavy atom. The Bertz CT molecular complexity index is 1050. The van der Waals surface area contributed by atoms with Crippen LogP contribution in [0.1, 0.15) is 35.2 Å². The van der Waals surface area contributed by atoms with E-state index in [0.717, 1.165) is 42.5 Å². The van der Waals surface area contributed by atoms with Gasteiger partial charge < -0.3 is 9.88 Å². The maximum absolute atomic E-state index is 13.0. The highest BCUT2D eigenvalue weighted by Gasteiger charge is 2.23. The minimum absolute atomic E-state index is 0.198. The molecule has 3 aromatic rings. The second-order valence-electron chi connectivity index (χ2n) is 6.64. The van der Waals surface area contributed by atoms with Crippen LogP contribution in [0.2, 0.25) is 0 Å². The summed E-state index contributed by atoms with van der Waals surface area (Å²) in [5.41, 5.74) is 2.05. The number of aromatic amines is 1. The van der Waals surface area contributed by atoms with E-state index in [0.29, 0.717) is 5.56 Å². The number of benzene rings is 1. The van der Waals surface area contributed by atoms with Crippen molar-refractivity contribution in [2.75, 3.05) is 18.0 Å². The summed E-state index contributed by atoms with van der Waals surface area (Å²) in [6.45, 7) is 1.70. The van der Waals surface area contributed by atoms with E-state index in [9.17, 15) is 9.59 Å². The zero-order valence-electron chi connectivity index (χ0n) is 14.9. The molecule has 3 heterocycles. The highest BCUT2D eigenvalue weighted by Crippen LogP contribution is 2.30. The van der Waals surface area contributed by atoms with Crippen molar-refractivity contribution in [3.05, 3.63) is 70.5 Å². The lowest BCUT2D eigenvalue weighted by Gasteiger charge is -2.31. The van der Waals surface area contributed by atoms with Crippen LogP contribution >= 0.6 is 0 Å². The van der Waals surface area contributed by atoms with E-state index in [1.807, 2.05) is 24.3 Å². The highest BCUT2D eigenvalue weighted by molar-refractivity contribution is 6.14. The third-order valence-corrected chi connectivity index (χ3v) is 4.82. The van der Waals surface area contributed by atoms with Crippen LogP contribution in [0.15, 0.2) is 53.9 Å². The number of piperidine rings is 1. The van der Waals surface area contributed by atoms with Gasteiger partial charge in [-0.3, -0.25) is 9.59 Å². The van der Waals surface area contributed by atoms with Crippen molar-refractivity contribution < 1.29 is 4.79 Å². The molecule has 27 heavy (non-hydrogen) atoms. The largest absolute Gasteiger partial charge is 0.370 e. The SMILES string of the molecule is O=C(/C=C/c1cncnc1)c1c(N2CCCCC2)c2ccccc2[nH]c1=O. The molecule has 6 nitrogen and oxygen atoms in total. The molecule has 1 aliphatic heterocycles. The lowest BCUT2D eigenvalue weighted by Crippen LogP contribution is -2.33. The third-order valence-electron chi connectivity index (χ3n) is 4.82. The number of carbonyl (C=O) groups excluding carboxylic acids is 1. The van der Waals surface area contributed by atoms with E-state index in [-0.39, 0.29) is 16.9 Å². The van der Waals surface area contributed by atoms with Gasteiger partial charge in [0.25, 0.3) is 5.56 Å². The minimum Gasteiger partial charge on any atom is -0.370 e. The molecule has 0 aliphatic carbocycles. The van der Waals surface area contributed by atoms with E-state index < -0.39 is 0 Å². The fraction of sp³-hybridized carbons (Fsp3) is 0.238. The van der Waals surface area contributed by atoms with Gasteiger partial charge >= 0.3 is 0 Å². The summed E-state index contributed by atoms with van der Waals surface area (Å²) >= 11 is 0. The number of H-pyrrole nitrogens is 1. The second kappa shape index (κ2) is 7.53. The zero-order chi connectivity index (χ0) is 18.6. The zero-order valence-corrected chi connectivity index (χ0v) is 14.9. The summed E-state index contributed by atoms with van der Waals surface area (Å²) in [5.74, 6) is -0.313. The van der Waals surface area contributed by atoms with Gasteiger partial charge in [0.1, 0.15) is 11.9 Å². The number of pyridine rings is 1. The Balaban J connectivity index is 1.83. The van der Waals surface area contributed by atoms with Gasteiger partial charge in [0.05, 0.1) is 11.2 Å². The summed E-state index contributed by atoms with van der Waals surface area (Å²) in [6, 6.07) is 7.64. The Labute approximate surface area is 156 Å². The van der Waals surface area contributed by atoms with E-state index in [1.54, 1.807) is 18.5 Å². The average molecular weight is 360 g/mol. The summed E-state index contributed by atoms with van der Waals surface area (Å²) in [4.78, 5) is 38.7. The van der Waals surface area contributed by atoms with Crippen LogP contribution in [0.5, 0.6) is 0 Å². The number of fused-ring (bicyclic) bond motifs is 1. The first kappa shape index (κ1) is 17.1. The quantitative estimate of drug-likeness (QED) is 0.571. The van der Waals surface area contributed by atoms with Crippen molar-refractivity contribution in [1.29, 1.82) is 0 Å². The van der Waals surface area contributed by atoms with E-state index in [2.05, 4.69) is 19.9 Å². The van der Waals surface area contributed by atoms with Crippen molar-refractivity contribution in [3.8, 4) is 0 Å². The molecule has 6 heteroatoms. The van der Waals surface area contributed by atoms with E-state index >= 15 is 0 Å². The molecule has 0 unspecified atom stereocenters. The van der Waals surface area contributed by atoms with Gasteiger partial charge in [-0.2, -0.15) is 0 Å². The molecular formula is C21H20N4O2. The fourth-order valence-electron chi connectivity index (χ4n) is 3.55. The van der Waals surface area contributed by atoms with Gasteiger partial charge in [-0.15, -0.1) is 0 Å². The summed E-state index contributed by atoms with van der Waals surface area (Å²) in [5, 5.41) is 0.902. The van der Waals surface area contributed by atoms with Crippen LogP contribution in [0.3, 0.4) is 0 Å². The molecule has 136 valence electrons. The number of allylic oxidation sites excluding steroid dienone is 1. The average Bonchev–Trinajstić information content (AvgIpc) is 2.72. The lowest BCUT2D eigenvalue weighted by atomic mass is 10.0. The molecule has 0 saturated carbocycles. The molecule has 0 spiro atoms. The molecule has 2 aromatic heterocycles. The Kier molecular flexibility index (Phi) is 4.78. The number of hydrogen-bond donors (Lipinski definition) is 1. The number of nitrogens with zero attached hydrogens (tertiary/aromatic N) is 3. The number of ketones is 1. The number of carbonyl (C=O) groups is 1. The first-order chi connectivity index (χ1) is 13.2. The van der Waals surface area contributed by atoms with Gasteiger partial charge in [-0.05, 0) is 37.5 Å². The van der Waals surface area contributed by atoms with Crippen LogP contribution in [0.25, 0.3) is 17.0 Å². The van der Waals surface area contributed by atoms with Gasteiger partial charge in [0.15, 0.2) is 5.78 Å². The number of hydrogen-bond acceptors (Lipinski definition) is 5. The number of rotatable bonds is 4. The maximum Gasteiger partial charge on any atom is 0.261 e. The Morgan fingerprint density at radius 1 is 1.07 bits per heavy atom. The van der Waals surface area contributed by atoms with Crippen molar-refractivity contribution in [1.82, 2.24) is 15.0 Å². The van der Waals surface area contributed by atoms with Crippen LogP contribution in [0, 0.1) is 0 Å². The molecule has 1 saturated heterocycles. The van der Waals surface area contributed by atoms with Gasteiger partial charge in [-0.25, -0.2) is 9.97 Å². The van der Waals surface area contributed by atoms with Crippen LogP contribution < -0.4 is 10.5 Å². The van der Waals surface area contributed by atoms with Crippen LogP contribution in [-0.2, 0) is 0 Å². The molecule has 0 radical (unpaired) electrons. The number of nitrogens with one attached hydrogen (secondary N) is 1. The molecular weight excluding hydrogens is 340 g/mol. The van der Waals surface area contributed by atoms with E-state index in [1.165, 1.54) is 18.8 Å².